The number of carbonyl (C=O) groups is 1. The van der Waals surface area contributed by atoms with Crippen molar-refractivity contribution in [2.45, 2.75) is 10.1 Å². The number of hydrogen-bond acceptors (Lipinski definition) is 5. The molecule has 6 nitrogen and oxygen atoms in total. The molecule has 1 unspecified atom stereocenters. The van der Waals surface area contributed by atoms with Crippen LogP contribution in [0.2, 0.25) is 0 Å². The molecule has 1 aromatic heterocycles. The van der Waals surface area contributed by atoms with E-state index < -0.39 is 26.8 Å². The quantitative estimate of drug-likeness (QED) is 0.642. The number of amides is 1. The first-order chi connectivity index (χ1) is 13.9. The van der Waals surface area contributed by atoms with Gasteiger partial charge in [-0.1, -0.05) is 6.07 Å². The molecule has 0 aliphatic heterocycles. The zero-order valence-corrected chi connectivity index (χ0v) is 16.4. The van der Waals surface area contributed by atoms with Gasteiger partial charge in [0, 0.05) is 24.5 Å². The first-order valence-electron chi connectivity index (χ1n) is 8.73. The summed E-state index contributed by atoms with van der Waals surface area (Å²) in [6.07, 6.45) is 2.99. The molecule has 0 spiro atoms. The summed E-state index contributed by atoms with van der Waals surface area (Å²) in [4.78, 5) is 16.5. The molecule has 8 heteroatoms. The zero-order valence-electron chi connectivity index (χ0n) is 15.6. The Labute approximate surface area is 168 Å². The number of sulfone groups is 1. The van der Waals surface area contributed by atoms with Crippen LogP contribution >= 0.6 is 0 Å². The molecule has 1 heterocycles. The molecule has 29 heavy (non-hydrogen) atoms. The van der Waals surface area contributed by atoms with Crippen molar-refractivity contribution in [3.05, 3.63) is 90.0 Å². The molecular formula is C21H19FN2O4S. The van der Waals surface area contributed by atoms with Gasteiger partial charge in [0.15, 0.2) is 9.84 Å². The summed E-state index contributed by atoms with van der Waals surface area (Å²) in [5.41, 5.74) is 0.681. The van der Waals surface area contributed by atoms with Crippen LogP contribution < -0.4 is 10.1 Å². The van der Waals surface area contributed by atoms with E-state index in [9.17, 15) is 17.6 Å². The summed E-state index contributed by atoms with van der Waals surface area (Å²) in [5.74, 6) is -0.424. The van der Waals surface area contributed by atoms with E-state index in [0.717, 1.165) is 0 Å². The van der Waals surface area contributed by atoms with Gasteiger partial charge in [-0.05, 0) is 60.2 Å². The number of halogens is 1. The first kappa shape index (κ1) is 20.5. The molecule has 0 saturated heterocycles. The predicted molar refractivity (Wildman–Crippen MR) is 106 cm³/mol. The lowest BCUT2D eigenvalue weighted by atomic mass is 10.2. The van der Waals surface area contributed by atoms with Gasteiger partial charge in [-0.3, -0.25) is 9.78 Å². The summed E-state index contributed by atoms with van der Waals surface area (Å²) < 4.78 is 44.6. The second kappa shape index (κ2) is 8.83. The van der Waals surface area contributed by atoms with E-state index in [2.05, 4.69) is 10.3 Å². The maximum atomic E-state index is 13.3. The van der Waals surface area contributed by atoms with Crippen molar-refractivity contribution in [3.8, 4) is 5.75 Å². The monoisotopic (exact) mass is 414 g/mol. The number of benzene rings is 2. The SMILES string of the molecule is COc1ccc(S(=O)(=O)C(CNC(=O)c2ccc(F)cc2)c2cccnc2)cc1. The number of rotatable bonds is 7. The Kier molecular flexibility index (Phi) is 6.23. The highest BCUT2D eigenvalue weighted by Crippen LogP contribution is 2.29. The van der Waals surface area contributed by atoms with Gasteiger partial charge in [-0.2, -0.15) is 0 Å². The molecule has 0 saturated carbocycles. The van der Waals surface area contributed by atoms with Crippen LogP contribution in [-0.2, 0) is 9.84 Å². The molecular weight excluding hydrogens is 395 g/mol. The standard InChI is InChI=1S/C21H19FN2O4S/c1-28-18-8-10-19(11-9-18)29(26,27)20(16-3-2-12-23-13-16)14-24-21(25)15-4-6-17(22)7-5-15/h2-13,20H,14H2,1H3,(H,24,25). The van der Waals surface area contributed by atoms with Gasteiger partial charge in [0.25, 0.3) is 5.91 Å². The van der Waals surface area contributed by atoms with E-state index in [4.69, 9.17) is 4.74 Å². The molecule has 0 aliphatic rings. The fourth-order valence-corrected chi connectivity index (χ4v) is 4.44. The van der Waals surface area contributed by atoms with Gasteiger partial charge in [0.05, 0.1) is 12.0 Å². The number of aromatic nitrogens is 1. The van der Waals surface area contributed by atoms with Gasteiger partial charge in [0.2, 0.25) is 0 Å². The second-order valence-electron chi connectivity index (χ2n) is 6.21. The summed E-state index contributed by atoms with van der Waals surface area (Å²) in [6.45, 7) is -0.170. The Morgan fingerprint density at radius 3 is 2.38 bits per heavy atom. The normalized spacial score (nSPS) is 12.2. The van der Waals surface area contributed by atoms with E-state index in [-0.39, 0.29) is 17.0 Å². The van der Waals surface area contributed by atoms with E-state index >= 15 is 0 Å². The maximum absolute atomic E-state index is 13.3. The molecule has 3 aromatic rings. The minimum absolute atomic E-state index is 0.100. The highest BCUT2D eigenvalue weighted by molar-refractivity contribution is 7.91. The fourth-order valence-electron chi connectivity index (χ4n) is 2.79. The third-order valence-electron chi connectivity index (χ3n) is 4.37. The van der Waals surface area contributed by atoms with Gasteiger partial charge in [-0.15, -0.1) is 0 Å². The zero-order chi connectivity index (χ0) is 20.9. The van der Waals surface area contributed by atoms with Crippen molar-refractivity contribution in [1.29, 1.82) is 0 Å². The fraction of sp³-hybridized carbons (Fsp3) is 0.143. The Bertz CT molecular complexity index is 1070. The van der Waals surface area contributed by atoms with Crippen LogP contribution in [0.5, 0.6) is 5.75 Å². The Morgan fingerprint density at radius 2 is 1.79 bits per heavy atom. The first-order valence-corrected chi connectivity index (χ1v) is 10.3. The van der Waals surface area contributed by atoms with Gasteiger partial charge in [-0.25, -0.2) is 12.8 Å². The minimum atomic E-state index is -3.83. The molecule has 0 fully saturated rings. The van der Waals surface area contributed by atoms with E-state index in [1.807, 2.05) is 0 Å². The minimum Gasteiger partial charge on any atom is -0.497 e. The maximum Gasteiger partial charge on any atom is 0.251 e. The third-order valence-corrected chi connectivity index (χ3v) is 6.49. The lowest BCUT2D eigenvalue weighted by Crippen LogP contribution is -2.32. The lowest BCUT2D eigenvalue weighted by Gasteiger charge is -2.19. The van der Waals surface area contributed by atoms with E-state index in [1.165, 1.54) is 55.9 Å². The van der Waals surface area contributed by atoms with Crippen LogP contribution in [0.1, 0.15) is 21.2 Å². The molecule has 150 valence electrons. The molecule has 0 radical (unpaired) electrons. The summed E-state index contributed by atoms with van der Waals surface area (Å²) >= 11 is 0. The molecule has 1 atom stereocenters. The van der Waals surface area contributed by atoms with E-state index in [1.54, 1.807) is 24.3 Å². The predicted octanol–water partition coefficient (Wildman–Crippen LogP) is 3.17. The number of hydrogen-bond donors (Lipinski definition) is 1. The van der Waals surface area contributed by atoms with Crippen molar-refractivity contribution in [3.63, 3.8) is 0 Å². The molecule has 3 rings (SSSR count). The van der Waals surface area contributed by atoms with Crippen molar-refractivity contribution in [2.75, 3.05) is 13.7 Å². The Morgan fingerprint density at radius 1 is 1.10 bits per heavy atom. The lowest BCUT2D eigenvalue weighted by molar-refractivity contribution is 0.0953. The smallest absolute Gasteiger partial charge is 0.251 e. The van der Waals surface area contributed by atoms with Crippen LogP contribution in [0.25, 0.3) is 0 Å². The summed E-state index contributed by atoms with van der Waals surface area (Å²) in [6, 6.07) is 14.3. The van der Waals surface area contributed by atoms with Crippen molar-refractivity contribution < 1.29 is 22.3 Å². The number of pyridine rings is 1. The van der Waals surface area contributed by atoms with Gasteiger partial charge in [0.1, 0.15) is 16.8 Å². The van der Waals surface area contributed by atoms with Crippen LogP contribution in [0.4, 0.5) is 4.39 Å². The van der Waals surface area contributed by atoms with Crippen LogP contribution in [0.15, 0.2) is 78.0 Å². The van der Waals surface area contributed by atoms with Crippen molar-refractivity contribution in [2.24, 2.45) is 0 Å². The van der Waals surface area contributed by atoms with Gasteiger partial charge >= 0.3 is 0 Å². The van der Waals surface area contributed by atoms with Gasteiger partial charge < -0.3 is 10.1 Å². The average molecular weight is 414 g/mol. The van der Waals surface area contributed by atoms with Crippen LogP contribution in [0, 0.1) is 5.82 Å². The number of methoxy groups -OCH3 is 1. The molecule has 1 N–H and O–H groups in total. The Hall–Kier alpha value is -3.26. The third kappa shape index (κ3) is 4.78. The topological polar surface area (TPSA) is 85.4 Å². The molecule has 0 bridgehead atoms. The molecule has 0 aliphatic carbocycles. The van der Waals surface area contributed by atoms with E-state index in [0.29, 0.717) is 11.3 Å². The highest BCUT2D eigenvalue weighted by Gasteiger charge is 2.30. The molecule has 1 amide bonds. The van der Waals surface area contributed by atoms with Crippen molar-refractivity contribution in [1.82, 2.24) is 10.3 Å². The van der Waals surface area contributed by atoms with Crippen LogP contribution in [0.3, 0.4) is 0 Å². The van der Waals surface area contributed by atoms with Crippen LogP contribution in [-0.4, -0.2) is 33.0 Å². The largest absolute Gasteiger partial charge is 0.497 e. The second-order valence-corrected chi connectivity index (χ2v) is 8.34. The number of ether oxygens (including phenoxy) is 1. The Balaban J connectivity index is 1.88. The highest BCUT2D eigenvalue weighted by atomic mass is 32.2. The number of nitrogens with zero attached hydrogens (tertiary/aromatic N) is 1. The molecule has 2 aromatic carbocycles. The number of carbonyl (C=O) groups excluding carboxylic acids is 1. The number of nitrogens with one attached hydrogen (secondary N) is 1. The summed E-state index contributed by atoms with van der Waals surface area (Å²) in [5, 5.41) is 1.58. The van der Waals surface area contributed by atoms with Crippen molar-refractivity contribution >= 4 is 15.7 Å². The average Bonchev–Trinajstić information content (AvgIpc) is 2.75. The summed E-state index contributed by atoms with van der Waals surface area (Å²) in [7, 11) is -2.34.